The van der Waals surface area contributed by atoms with E-state index in [-0.39, 0.29) is 0 Å². The molecule has 1 aromatic heterocycles. The maximum atomic E-state index is 12.4. The van der Waals surface area contributed by atoms with Gasteiger partial charge in [-0.05, 0) is 43.3 Å². The van der Waals surface area contributed by atoms with Crippen LogP contribution in [0.2, 0.25) is 5.02 Å². The lowest BCUT2D eigenvalue weighted by atomic mass is 10.1. The van der Waals surface area contributed by atoms with Gasteiger partial charge in [0.05, 0.1) is 12.2 Å². The lowest BCUT2D eigenvalue weighted by molar-refractivity contribution is -0.112. The van der Waals surface area contributed by atoms with Crippen LogP contribution in [-0.2, 0) is 4.79 Å². The molecule has 0 saturated heterocycles. The van der Waals surface area contributed by atoms with Gasteiger partial charge in [-0.2, -0.15) is 0 Å². The fourth-order valence-corrected chi connectivity index (χ4v) is 2.57. The van der Waals surface area contributed by atoms with Crippen molar-refractivity contribution in [2.75, 3.05) is 11.9 Å². The second-order valence-corrected chi connectivity index (χ2v) is 5.57. The normalized spacial score (nSPS) is 10.6. The van der Waals surface area contributed by atoms with E-state index >= 15 is 0 Å². The van der Waals surface area contributed by atoms with Gasteiger partial charge in [-0.15, -0.1) is 0 Å². The predicted octanol–water partition coefficient (Wildman–Crippen LogP) is 4.04. The van der Waals surface area contributed by atoms with Gasteiger partial charge in [0.1, 0.15) is 5.75 Å². The van der Waals surface area contributed by atoms with E-state index in [0.29, 0.717) is 39.5 Å². The summed E-state index contributed by atoms with van der Waals surface area (Å²) < 4.78 is 5.34. The Morgan fingerprint density at radius 1 is 1.17 bits per heavy atom. The van der Waals surface area contributed by atoms with E-state index in [9.17, 15) is 9.59 Å². The second kappa shape index (κ2) is 6.76. The number of carbonyl (C=O) groups excluding carboxylic acids is 2. The van der Waals surface area contributed by atoms with Gasteiger partial charge in [0.25, 0.3) is 11.7 Å². The molecule has 24 heavy (non-hydrogen) atoms. The number of ether oxygens (including phenoxy) is 1. The number of fused-ring (bicyclic) bond motifs is 1. The molecule has 0 aliphatic heterocycles. The minimum absolute atomic E-state index is 0.310. The molecule has 5 nitrogen and oxygen atoms in total. The van der Waals surface area contributed by atoms with Crippen LogP contribution >= 0.6 is 11.6 Å². The predicted molar refractivity (Wildman–Crippen MR) is 93.9 cm³/mol. The van der Waals surface area contributed by atoms with Crippen LogP contribution in [0.15, 0.2) is 48.7 Å². The molecule has 1 heterocycles. The number of aromatic amines is 1. The number of nitrogens with one attached hydrogen (secondary N) is 2. The zero-order valence-electron chi connectivity index (χ0n) is 12.9. The van der Waals surface area contributed by atoms with Crippen molar-refractivity contribution in [3.05, 3.63) is 59.2 Å². The number of ketones is 1. The molecular formula is C18H15ClN2O3. The Balaban J connectivity index is 1.77. The summed E-state index contributed by atoms with van der Waals surface area (Å²) in [5, 5.41) is 3.81. The van der Waals surface area contributed by atoms with Crippen molar-refractivity contribution in [3.8, 4) is 5.75 Å². The van der Waals surface area contributed by atoms with Gasteiger partial charge in [0.2, 0.25) is 0 Å². The minimum Gasteiger partial charge on any atom is -0.494 e. The van der Waals surface area contributed by atoms with Crippen LogP contribution in [0.5, 0.6) is 5.75 Å². The summed E-state index contributed by atoms with van der Waals surface area (Å²) in [6, 6.07) is 11.9. The molecular weight excluding hydrogens is 328 g/mol. The molecule has 0 atom stereocenters. The largest absolute Gasteiger partial charge is 0.494 e. The van der Waals surface area contributed by atoms with Crippen LogP contribution in [0.4, 0.5) is 5.69 Å². The molecule has 6 heteroatoms. The van der Waals surface area contributed by atoms with Crippen LogP contribution in [0.3, 0.4) is 0 Å². The van der Waals surface area contributed by atoms with Gasteiger partial charge in [-0.25, -0.2) is 0 Å². The van der Waals surface area contributed by atoms with Gasteiger partial charge in [-0.1, -0.05) is 17.7 Å². The number of amides is 1. The van der Waals surface area contributed by atoms with E-state index in [1.54, 1.807) is 42.5 Å². The second-order valence-electron chi connectivity index (χ2n) is 5.13. The SMILES string of the molecule is CCOc1ccc(NC(=O)C(=O)c2c[nH]c3cc(Cl)ccc23)cc1. The molecule has 0 unspecified atom stereocenters. The molecule has 0 spiro atoms. The fourth-order valence-electron chi connectivity index (χ4n) is 2.40. The highest BCUT2D eigenvalue weighted by Gasteiger charge is 2.20. The Morgan fingerprint density at radius 2 is 1.92 bits per heavy atom. The number of anilines is 1. The van der Waals surface area contributed by atoms with E-state index < -0.39 is 11.7 Å². The molecule has 2 N–H and O–H groups in total. The van der Waals surface area contributed by atoms with Gasteiger partial charge >= 0.3 is 0 Å². The number of hydrogen-bond acceptors (Lipinski definition) is 3. The van der Waals surface area contributed by atoms with Crippen molar-refractivity contribution in [3.63, 3.8) is 0 Å². The summed E-state index contributed by atoms with van der Waals surface area (Å²) in [6.07, 6.45) is 1.51. The summed E-state index contributed by atoms with van der Waals surface area (Å²) in [6.45, 7) is 2.46. The molecule has 1 amide bonds. The van der Waals surface area contributed by atoms with Crippen molar-refractivity contribution in [2.24, 2.45) is 0 Å². The summed E-state index contributed by atoms with van der Waals surface area (Å²) in [4.78, 5) is 27.5. The molecule has 0 aliphatic carbocycles. The zero-order chi connectivity index (χ0) is 17.1. The molecule has 0 fully saturated rings. The first-order valence-electron chi connectivity index (χ1n) is 7.43. The molecule has 122 valence electrons. The molecule has 0 saturated carbocycles. The third-order valence-electron chi connectivity index (χ3n) is 3.52. The average molecular weight is 343 g/mol. The average Bonchev–Trinajstić information content (AvgIpc) is 2.99. The number of Topliss-reactive ketones (excluding diaryl/α,β-unsaturated/α-hetero) is 1. The zero-order valence-corrected chi connectivity index (χ0v) is 13.7. The Kier molecular flexibility index (Phi) is 4.53. The molecule has 3 rings (SSSR count). The van der Waals surface area contributed by atoms with Crippen molar-refractivity contribution < 1.29 is 14.3 Å². The quantitative estimate of drug-likeness (QED) is 0.543. The summed E-state index contributed by atoms with van der Waals surface area (Å²) >= 11 is 5.92. The van der Waals surface area contributed by atoms with Crippen LogP contribution in [0, 0.1) is 0 Å². The van der Waals surface area contributed by atoms with Crippen molar-refractivity contribution in [2.45, 2.75) is 6.92 Å². The van der Waals surface area contributed by atoms with E-state index in [2.05, 4.69) is 10.3 Å². The van der Waals surface area contributed by atoms with E-state index in [0.717, 1.165) is 0 Å². The first-order chi connectivity index (χ1) is 11.6. The molecule has 0 bridgehead atoms. The Labute approximate surface area is 143 Å². The standard InChI is InChI=1S/C18H15ClN2O3/c1-2-24-13-6-4-12(5-7-13)21-18(23)17(22)15-10-20-16-9-11(19)3-8-14(15)16/h3-10,20H,2H2,1H3,(H,21,23). The fraction of sp³-hybridized carbons (Fsp3) is 0.111. The highest BCUT2D eigenvalue weighted by molar-refractivity contribution is 6.48. The number of hydrogen-bond donors (Lipinski definition) is 2. The van der Waals surface area contributed by atoms with Gasteiger partial charge in [-0.3, -0.25) is 9.59 Å². The van der Waals surface area contributed by atoms with Crippen LogP contribution < -0.4 is 10.1 Å². The number of H-pyrrole nitrogens is 1. The van der Waals surface area contributed by atoms with Crippen LogP contribution in [-0.4, -0.2) is 23.3 Å². The van der Waals surface area contributed by atoms with Gasteiger partial charge in [0.15, 0.2) is 0 Å². The molecule has 3 aromatic rings. The Hall–Kier alpha value is -2.79. The lowest BCUT2D eigenvalue weighted by Crippen LogP contribution is -2.22. The topological polar surface area (TPSA) is 71.2 Å². The number of benzene rings is 2. The third-order valence-corrected chi connectivity index (χ3v) is 3.75. The number of aromatic nitrogens is 1. The first kappa shape index (κ1) is 16.1. The first-order valence-corrected chi connectivity index (χ1v) is 7.81. The Bertz CT molecular complexity index is 900. The third kappa shape index (κ3) is 3.26. The molecule has 0 radical (unpaired) electrons. The minimum atomic E-state index is -0.699. The van der Waals surface area contributed by atoms with Crippen molar-refractivity contribution in [1.82, 2.24) is 4.98 Å². The maximum absolute atomic E-state index is 12.4. The van der Waals surface area contributed by atoms with E-state index in [1.807, 2.05) is 6.92 Å². The van der Waals surface area contributed by atoms with E-state index in [1.165, 1.54) is 6.20 Å². The lowest BCUT2D eigenvalue weighted by Gasteiger charge is -2.06. The van der Waals surface area contributed by atoms with Gasteiger partial charge < -0.3 is 15.0 Å². The van der Waals surface area contributed by atoms with Gasteiger partial charge in [0, 0.05) is 27.8 Å². The summed E-state index contributed by atoms with van der Waals surface area (Å²) in [5.41, 5.74) is 1.55. The van der Waals surface area contributed by atoms with Crippen LogP contribution in [0.25, 0.3) is 10.9 Å². The van der Waals surface area contributed by atoms with E-state index in [4.69, 9.17) is 16.3 Å². The number of rotatable bonds is 5. The summed E-state index contributed by atoms with van der Waals surface area (Å²) in [7, 11) is 0. The number of carbonyl (C=O) groups is 2. The number of halogens is 1. The molecule has 2 aromatic carbocycles. The van der Waals surface area contributed by atoms with Crippen molar-refractivity contribution in [1.29, 1.82) is 0 Å². The maximum Gasteiger partial charge on any atom is 0.296 e. The monoisotopic (exact) mass is 342 g/mol. The molecule has 0 aliphatic rings. The Morgan fingerprint density at radius 3 is 2.62 bits per heavy atom. The highest BCUT2D eigenvalue weighted by Crippen LogP contribution is 2.23. The van der Waals surface area contributed by atoms with Crippen molar-refractivity contribution >= 4 is 39.9 Å². The smallest absolute Gasteiger partial charge is 0.296 e. The summed E-state index contributed by atoms with van der Waals surface area (Å²) in [5.74, 6) is -0.609. The van der Waals surface area contributed by atoms with Crippen LogP contribution in [0.1, 0.15) is 17.3 Å². The highest BCUT2D eigenvalue weighted by atomic mass is 35.5.